The summed E-state index contributed by atoms with van der Waals surface area (Å²) in [4.78, 5) is 0. The summed E-state index contributed by atoms with van der Waals surface area (Å²) in [5.41, 5.74) is 1.11. The zero-order valence-electron chi connectivity index (χ0n) is 10.1. The molecule has 0 amide bonds. The van der Waals surface area contributed by atoms with Crippen molar-refractivity contribution in [2.24, 2.45) is 0 Å². The molecule has 0 radical (unpaired) electrons. The molecule has 16 heavy (non-hydrogen) atoms. The van der Waals surface area contributed by atoms with E-state index in [1.165, 1.54) is 0 Å². The van der Waals surface area contributed by atoms with Gasteiger partial charge in [-0.1, -0.05) is 15.9 Å². The standard InChI is InChI=1S/C12H18BrNO2/c1-12(2,14-3)7-8-5-11(16-4)10(15)6-9(8)13/h5-6,14-15H,7H2,1-4H3. The van der Waals surface area contributed by atoms with Gasteiger partial charge in [0.25, 0.3) is 0 Å². The summed E-state index contributed by atoms with van der Waals surface area (Å²) in [5, 5.41) is 12.8. The summed E-state index contributed by atoms with van der Waals surface area (Å²) in [7, 11) is 3.49. The van der Waals surface area contributed by atoms with E-state index in [9.17, 15) is 5.11 Å². The van der Waals surface area contributed by atoms with Crippen molar-refractivity contribution >= 4 is 15.9 Å². The highest BCUT2D eigenvalue weighted by Crippen LogP contribution is 2.33. The zero-order valence-corrected chi connectivity index (χ0v) is 11.7. The molecule has 1 aromatic rings. The van der Waals surface area contributed by atoms with Gasteiger partial charge in [0.2, 0.25) is 0 Å². The fraction of sp³-hybridized carbons (Fsp3) is 0.500. The van der Waals surface area contributed by atoms with Crippen molar-refractivity contribution in [2.75, 3.05) is 14.2 Å². The first kappa shape index (κ1) is 13.3. The van der Waals surface area contributed by atoms with Gasteiger partial charge in [0, 0.05) is 10.0 Å². The third-order valence-electron chi connectivity index (χ3n) is 2.66. The Balaban J connectivity index is 3.05. The van der Waals surface area contributed by atoms with Crippen molar-refractivity contribution in [1.29, 1.82) is 0 Å². The molecule has 0 aliphatic carbocycles. The molecule has 90 valence electrons. The molecule has 0 bridgehead atoms. The van der Waals surface area contributed by atoms with E-state index in [1.807, 2.05) is 13.1 Å². The van der Waals surface area contributed by atoms with Crippen molar-refractivity contribution in [3.05, 3.63) is 22.2 Å². The number of aromatic hydroxyl groups is 1. The topological polar surface area (TPSA) is 41.5 Å². The number of phenolic OH excluding ortho intramolecular Hbond substituents is 1. The molecule has 0 aromatic heterocycles. The van der Waals surface area contributed by atoms with Crippen LogP contribution in [0.5, 0.6) is 11.5 Å². The van der Waals surface area contributed by atoms with Crippen LogP contribution >= 0.6 is 15.9 Å². The smallest absolute Gasteiger partial charge is 0.160 e. The first-order valence-electron chi connectivity index (χ1n) is 5.14. The number of methoxy groups -OCH3 is 1. The van der Waals surface area contributed by atoms with E-state index < -0.39 is 0 Å². The van der Waals surface area contributed by atoms with Crippen molar-refractivity contribution in [3.63, 3.8) is 0 Å². The van der Waals surface area contributed by atoms with Gasteiger partial charge >= 0.3 is 0 Å². The second-order valence-electron chi connectivity index (χ2n) is 4.43. The van der Waals surface area contributed by atoms with Gasteiger partial charge in [0.05, 0.1) is 7.11 Å². The SMILES string of the molecule is CNC(C)(C)Cc1cc(OC)c(O)cc1Br. The molecule has 4 heteroatoms. The van der Waals surface area contributed by atoms with Gasteiger partial charge < -0.3 is 15.2 Å². The predicted molar refractivity (Wildman–Crippen MR) is 69.2 cm³/mol. The van der Waals surface area contributed by atoms with Gasteiger partial charge in [-0.25, -0.2) is 0 Å². The summed E-state index contributed by atoms with van der Waals surface area (Å²) in [6.07, 6.45) is 0.848. The number of hydrogen-bond donors (Lipinski definition) is 2. The quantitative estimate of drug-likeness (QED) is 0.895. The van der Waals surface area contributed by atoms with E-state index >= 15 is 0 Å². The number of rotatable bonds is 4. The molecular formula is C12H18BrNO2. The summed E-state index contributed by atoms with van der Waals surface area (Å²) in [6, 6.07) is 3.53. The predicted octanol–water partition coefficient (Wildman–Crippen LogP) is 2.70. The van der Waals surface area contributed by atoms with E-state index in [0.29, 0.717) is 5.75 Å². The van der Waals surface area contributed by atoms with Gasteiger partial charge in [0.15, 0.2) is 11.5 Å². The minimum atomic E-state index is 0.00447. The second-order valence-corrected chi connectivity index (χ2v) is 5.28. The molecule has 0 unspecified atom stereocenters. The average Bonchev–Trinajstić information content (AvgIpc) is 2.22. The number of likely N-dealkylation sites (N-methyl/N-ethyl adjacent to an activating group) is 1. The largest absolute Gasteiger partial charge is 0.504 e. The fourth-order valence-electron chi connectivity index (χ4n) is 1.45. The average molecular weight is 288 g/mol. The van der Waals surface area contributed by atoms with E-state index in [4.69, 9.17) is 4.74 Å². The lowest BCUT2D eigenvalue weighted by Crippen LogP contribution is -2.38. The third-order valence-corrected chi connectivity index (χ3v) is 3.40. The summed E-state index contributed by atoms with van der Waals surface area (Å²) < 4.78 is 5.99. The Bertz CT molecular complexity index is 378. The van der Waals surface area contributed by atoms with Crippen molar-refractivity contribution in [1.82, 2.24) is 5.32 Å². The maximum absolute atomic E-state index is 9.60. The van der Waals surface area contributed by atoms with Gasteiger partial charge in [-0.15, -0.1) is 0 Å². The Kier molecular flexibility index (Phi) is 4.21. The van der Waals surface area contributed by atoms with E-state index in [-0.39, 0.29) is 11.3 Å². The Morgan fingerprint density at radius 2 is 2.06 bits per heavy atom. The first-order chi connectivity index (χ1) is 7.39. The molecule has 2 N–H and O–H groups in total. The number of nitrogens with one attached hydrogen (secondary N) is 1. The second kappa shape index (κ2) is 5.06. The van der Waals surface area contributed by atoms with Crippen LogP contribution in [0.4, 0.5) is 0 Å². The number of ether oxygens (including phenoxy) is 1. The van der Waals surface area contributed by atoms with Gasteiger partial charge in [-0.2, -0.15) is 0 Å². The van der Waals surface area contributed by atoms with Crippen LogP contribution in [0.1, 0.15) is 19.4 Å². The van der Waals surface area contributed by atoms with E-state index in [1.54, 1.807) is 13.2 Å². The van der Waals surface area contributed by atoms with Crippen molar-refractivity contribution in [3.8, 4) is 11.5 Å². The zero-order chi connectivity index (χ0) is 12.3. The Morgan fingerprint density at radius 1 is 1.44 bits per heavy atom. The molecule has 0 heterocycles. The lowest BCUT2D eigenvalue weighted by Gasteiger charge is -2.25. The molecule has 1 aromatic carbocycles. The Labute approximate surface area is 105 Å². The molecule has 0 saturated carbocycles. The van der Waals surface area contributed by atoms with Crippen molar-refractivity contribution < 1.29 is 9.84 Å². The lowest BCUT2D eigenvalue weighted by molar-refractivity contribution is 0.370. The lowest BCUT2D eigenvalue weighted by atomic mass is 9.95. The van der Waals surface area contributed by atoms with Gasteiger partial charge in [-0.3, -0.25) is 0 Å². The Morgan fingerprint density at radius 3 is 2.56 bits per heavy atom. The molecular weight excluding hydrogens is 270 g/mol. The molecule has 1 rings (SSSR count). The van der Waals surface area contributed by atoms with Crippen LogP contribution in [0.25, 0.3) is 0 Å². The van der Waals surface area contributed by atoms with Crippen LogP contribution in [0.15, 0.2) is 16.6 Å². The molecule has 3 nitrogen and oxygen atoms in total. The van der Waals surface area contributed by atoms with Crippen LogP contribution < -0.4 is 10.1 Å². The van der Waals surface area contributed by atoms with Crippen LogP contribution in [0.3, 0.4) is 0 Å². The number of phenols is 1. The Hall–Kier alpha value is -0.740. The summed E-state index contributed by atoms with van der Waals surface area (Å²) >= 11 is 3.45. The van der Waals surface area contributed by atoms with Crippen LogP contribution in [0, 0.1) is 0 Å². The first-order valence-corrected chi connectivity index (χ1v) is 5.93. The highest BCUT2D eigenvalue weighted by molar-refractivity contribution is 9.10. The summed E-state index contributed by atoms with van der Waals surface area (Å²) in [6.45, 7) is 4.25. The normalized spacial score (nSPS) is 11.6. The van der Waals surface area contributed by atoms with Crippen LogP contribution in [-0.2, 0) is 6.42 Å². The number of hydrogen-bond acceptors (Lipinski definition) is 3. The minimum Gasteiger partial charge on any atom is -0.504 e. The molecule has 0 fully saturated rings. The fourth-order valence-corrected chi connectivity index (χ4v) is 1.92. The summed E-state index contributed by atoms with van der Waals surface area (Å²) in [5.74, 6) is 0.658. The molecule has 0 aliphatic rings. The maximum Gasteiger partial charge on any atom is 0.160 e. The minimum absolute atomic E-state index is 0.00447. The molecule has 0 aliphatic heterocycles. The van der Waals surface area contributed by atoms with E-state index in [0.717, 1.165) is 16.5 Å². The van der Waals surface area contributed by atoms with Crippen molar-refractivity contribution in [2.45, 2.75) is 25.8 Å². The molecule has 0 spiro atoms. The van der Waals surface area contributed by atoms with Crippen LogP contribution in [0.2, 0.25) is 0 Å². The van der Waals surface area contributed by atoms with E-state index in [2.05, 4.69) is 35.1 Å². The van der Waals surface area contributed by atoms with Gasteiger partial charge in [0.1, 0.15) is 0 Å². The monoisotopic (exact) mass is 287 g/mol. The number of halogens is 1. The highest BCUT2D eigenvalue weighted by Gasteiger charge is 2.18. The maximum atomic E-state index is 9.60. The number of benzene rings is 1. The third kappa shape index (κ3) is 3.12. The molecule has 0 saturated heterocycles. The van der Waals surface area contributed by atoms with Gasteiger partial charge in [-0.05, 0) is 45.0 Å². The van der Waals surface area contributed by atoms with Crippen LogP contribution in [-0.4, -0.2) is 24.8 Å². The highest BCUT2D eigenvalue weighted by atomic mass is 79.9. The molecule has 0 atom stereocenters.